The standard InChI is InChI=1S/C11H13NOS.C10H17NO.C9H13NO2.C8H11NO2.C8H16O.C7H7Cl2NO2.C7H8ClNO2.C7H9NO2.C7H14O/c1-11(2,3)12-10(13)8-6-4-5-7-9(8)14-12;1-4-10(12)11-7-5-6-9(11)8(2)3;1-5(2)10-8(11)6(3)7(4)9(10)12;1-5(2)9-7(10)4-6(3)8(9)11;1-7(2,3)6-8(4,5)9-6;1-3(2)10-6(11)4(8)5(9)7(10)12;1-4(2)9-6(10)3-5(8)7(9)11;1-5(2)8-6(9)3-4-7(8)10;1-5-6(8-5)7(2,3)4/h4-7H,1-3H3;4,8-9H,1,5-7H2,2-3H3;5H,1-4H3;4-5H,1-3H3;6H,1-5H3;3H,1-2H3;3-4H,1-2H3;3-5H,1-2H3;5-6H,1-4H3. The van der Waals surface area contributed by atoms with Crippen LogP contribution in [0.3, 0.4) is 0 Å². The molecule has 0 N–H and O–H groups in total. The minimum absolute atomic E-state index is 0.00343. The normalized spacial score (nSPS) is 20.8. The van der Waals surface area contributed by atoms with Crippen molar-refractivity contribution >= 4 is 121 Å². The second-order valence-electron chi connectivity index (χ2n) is 30.2. The summed E-state index contributed by atoms with van der Waals surface area (Å²) in [5, 5.41) is 0.460. The van der Waals surface area contributed by atoms with E-state index in [0.29, 0.717) is 57.8 Å². The van der Waals surface area contributed by atoms with Crippen LogP contribution in [0.25, 0.3) is 10.1 Å². The van der Waals surface area contributed by atoms with Crippen LogP contribution >= 0.6 is 46.3 Å². The number of amides is 11. The van der Waals surface area contributed by atoms with E-state index in [2.05, 4.69) is 82.7 Å². The number of hydrogen-bond acceptors (Lipinski definition) is 15. The third-order valence-corrected chi connectivity index (χ3v) is 18.6. The average molecular weight is 1460 g/mol. The summed E-state index contributed by atoms with van der Waals surface area (Å²) in [5.74, 6) is -2.15. The molecule has 0 saturated carbocycles. The number of carbonyl (C=O) groups excluding carboxylic acids is 11. The van der Waals surface area contributed by atoms with Crippen molar-refractivity contribution < 1.29 is 62.2 Å². The van der Waals surface area contributed by atoms with Crippen molar-refractivity contribution in [3.63, 3.8) is 0 Å². The highest BCUT2D eigenvalue weighted by atomic mass is 35.5. The van der Waals surface area contributed by atoms with Gasteiger partial charge >= 0.3 is 0 Å². The number of imide groups is 5. The first-order chi connectivity index (χ1) is 45.1. The third-order valence-electron chi connectivity index (χ3n) is 16.1. The van der Waals surface area contributed by atoms with Gasteiger partial charge in [0.2, 0.25) is 5.91 Å². The van der Waals surface area contributed by atoms with E-state index < -0.39 is 17.7 Å². The van der Waals surface area contributed by atoms with Gasteiger partial charge in [0.25, 0.3) is 64.6 Å². The molecule has 550 valence electrons. The quantitative estimate of drug-likeness (QED) is 0.142. The Labute approximate surface area is 605 Å². The second kappa shape index (κ2) is 36.3. The van der Waals surface area contributed by atoms with Crippen LogP contribution < -0.4 is 5.56 Å². The lowest BCUT2D eigenvalue weighted by Crippen LogP contribution is -2.37. The first-order valence-electron chi connectivity index (χ1n) is 33.4. The zero-order valence-electron chi connectivity index (χ0n) is 63.2. The van der Waals surface area contributed by atoms with E-state index in [0.717, 1.165) is 45.3 Å². The van der Waals surface area contributed by atoms with Crippen LogP contribution in [0, 0.1) is 16.7 Å². The fourth-order valence-corrected chi connectivity index (χ4v) is 12.6. The van der Waals surface area contributed by atoms with E-state index in [-0.39, 0.29) is 109 Å². The van der Waals surface area contributed by atoms with Gasteiger partial charge in [-0.25, -0.2) is 0 Å². The SMILES string of the molecule is C=CC(=O)N1CCCC1C(C)C.CC(C)(C)C1OC1(C)C.CC(C)(C)n1sc2ccccc2c1=O.CC(C)N1C(=O)C(Cl)=C(Cl)C1=O.CC(C)N1C(=O)C=C(Cl)C1=O.CC(C)N1C(=O)C=CC1=O.CC1=C(C)C(=O)N(C(C)C)C1=O.CC1=CC(=O)N(C(C)C)C1=O.CC1OC1C(C)(C)C. The van der Waals surface area contributed by atoms with E-state index in [9.17, 15) is 57.5 Å². The number of halogens is 3. The topological polar surface area (TPSA) is 254 Å². The van der Waals surface area contributed by atoms with Crippen molar-refractivity contribution in [3.05, 3.63) is 103 Å². The van der Waals surface area contributed by atoms with Gasteiger partial charge in [0, 0.05) is 83.8 Å². The number of hydrogen-bond donors (Lipinski definition) is 0. The zero-order chi connectivity index (χ0) is 77.0. The molecule has 8 aliphatic heterocycles. The molecule has 4 unspecified atom stereocenters. The lowest BCUT2D eigenvalue weighted by Gasteiger charge is -2.26. The molecule has 3 saturated heterocycles. The summed E-state index contributed by atoms with van der Waals surface area (Å²) >= 11 is 17.9. The predicted octanol–water partition coefficient (Wildman–Crippen LogP) is 13.1. The molecule has 21 nitrogen and oxygen atoms in total. The number of benzene rings is 1. The molecular weight excluding hydrogens is 1350 g/mol. The number of carbonyl (C=O) groups is 11. The van der Waals surface area contributed by atoms with Gasteiger partial charge in [-0.3, -0.25) is 86.0 Å². The summed E-state index contributed by atoms with van der Waals surface area (Å²) in [4.78, 5) is 142. The number of fused-ring (bicyclic) bond motifs is 1. The van der Waals surface area contributed by atoms with Crippen LogP contribution in [0.1, 0.15) is 200 Å². The van der Waals surface area contributed by atoms with Crippen molar-refractivity contribution in [2.24, 2.45) is 16.7 Å². The molecule has 2 aromatic rings. The third kappa shape index (κ3) is 24.0. The van der Waals surface area contributed by atoms with Gasteiger partial charge in [-0.05, 0) is 179 Å². The highest BCUT2D eigenvalue weighted by Crippen LogP contribution is 2.46. The number of epoxide rings is 2. The van der Waals surface area contributed by atoms with Crippen molar-refractivity contribution in [2.75, 3.05) is 6.54 Å². The van der Waals surface area contributed by atoms with Crippen molar-refractivity contribution in [1.82, 2.24) is 33.4 Å². The van der Waals surface area contributed by atoms with Gasteiger partial charge in [0.15, 0.2) is 0 Å². The summed E-state index contributed by atoms with van der Waals surface area (Å²) in [6, 6.07) is 7.73. The van der Waals surface area contributed by atoms with Crippen LogP contribution in [0.5, 0.6) is 0 Å². The monoisotopic (exact) mass is 1460 g/mol. The second-order valence-corrected chi connectivity index (χ2v) is 32.3. The molecule has 11 amide bonds. The molecule has 1 aromatic heterocycles. The predicted molar refractivity (Wildman–Crippen MR) is 392 cm³/mol. The smallest absolute Gasteiger partial charge is 0.274 e. The highest BCUT2D eigenvalue weighted by molar-refractivity contribution is 7.13. The number of likely N-dealkylation sites (tertiary alicyclic amines) is 1. The Morgan fingerprint density at radius 2 is 0.990 bits per heavy atom. The Morgan fingerprint density at radius 3 is 1.23 bits per heavy atom. The summed E-state index contributed by atoms with van der Waals surface area (Å²) in [6.07, 6.45) is 10.3. The number of nitrogens with zero attached hydrogens (tertiary/aromatic N) is 7. The van der Waals surface area contributed by atoms with Gasteiger partial charge in [-0.1, -0.05) is 120 Å². The van der Waals surface area contributed by atoms with Crippen LogP contribution in [-0.2, 0) is 67.8 Å². The molecule has 25 heteroatoms. The maximum absolute atomic E-state index is 11.9. The largest absolute Gasteiger partial charge is 0.369 e. The van der Waals surface area contributed by atoms with Crippen molar-refractivity contribution in [3.8, 4) is 0 Å². The first kappa shape index (κ1) is 88.4. The van der Waals surface area contributed by atoms with E-state index in [1.165, 1.54) is 50.5 Å². The van der Waals surface area contributed by atoms with Gasteiger partial charge in [-0.15, -0.1) is 0 Å². The molecule has 10 rings (SSSR count). The van der Waals surface area contributed by atoms with E-state index >= 15 is 0 Å². The number of ether oxygens (including phenoxy) is 2. The fraction of sp³-hybridized carbons (Fsp3) is 0.595. The van der Waals surface area contributed by atoms with Crippen LogP contribution in [-0.4, -0.2) is 165 Å². The molecule has 99 heavy (non-hydrogen) atoms. The maximum Gasteiger partial charge on any atom is 0.274 e. The minimum Gasteiger partial charge on any atom is -0.369 e. The van der Waals surface area contributed by atoms with Crippen LogP contribution in [0.4, 0.5) is 0 Å². The Balaban J connectivity index is 0.000000380. The average Bonchev–Trinajstić information content (AvgIpc) is 1.61. The summed E-state index contributed by atoms with van der Waals surface area (Å²) in [7, 11) is 0. The van der Waals surface area contributed by atoms with Crippen LogP contribution in [0.15, 0.2) is 97.8 Å². The molecule has 0 bridgehead atoms. The van der Waals surface area contributed by atoms with Gasteiger partial charge in [0.05, 0.1) is 39.5 Å². The molecular formula is C74H108Cl3N7O14S. The molecule has 0 radical (unpaired) electrons. The Bertz CT molecular complexity index is 3430. The Kier molecular flexibility index (Phi) is 32.4. The molecule has 8 aliphatic rings. The number of rotatable bonds is 7. The lowest BCUT2D eigenvalue weighted by molar-refractivity contribution is -0.141. The lowest BCUT2D eigenvalue weighted by atomic mass is 9.86. The number of aromatic nitrogens is 1. The Hall–Kier alpha value is -6.69. The molecule has 0 aliphatic carbocycles. The van der Waals surface area contributed by atoms with Crippen molar-refractivity contribution in [1.29, 1.82) is 0 Å². The van der Waals surface area contributed by atoms with E-state index in [4.69, 9.17) is 44.3 Å². The molecule has 9 heterocycles. The minimum atomic E-state index is -0.512. The molecule has 3 fully saturated rings. The summed E-state index contributed by atoms with van der Waals surface area (Å²) in [6.45, 7) is 57.5. The van der Waals surface area contributed by atoms with Crippen LogP contribution in [0.2, 0.25) is 0 Å². The molecule has 4 atom stereocenters. The van der Waals surface area contributed by atoms with Gasteiger partial charge in [0.1, 0.15) is 15.1 Å². The first-order valence-corrected chi connectivity index (χ1v) is 35.3. The maximum atomic E-state index is 11.9. The Morgan fingerprint density at radius 1 is 0.586 bits per heavy atom. The summed E-state index contributed by atoms with van der Waals surface area (Å²) in [5.41, 5.74) is 2.52. The van der Waals surface area contributed by atoms with Gasteiger partial charge in [-0.2, -0.15) is 0 Å². The summed E-state index contributed by atoms with van der Waals surface area (Å²) < 4.78 is 13.6. The van der Waals surface area contributed by atoms with E-state index in [1.54, 1.807) is 48.5 Å². The molecule has 1 aromatic carbocycles. The van der Waals surface area contributed by atoms with Crippen molar-refractivity contribution in [2.45, 2.75) is 265 Å². The molecule has 0 spiro atoms. The fourth-order valence-electron chi connectivity index (χ4n) is 11.0. The van der Waals surface area contributed by atoms with Gasteiger partial charge < -0.3 is 14.4 Å². The zero-order valence-corrected chi connectivity index (χ0v) is 66.3. The highest BCUT2D eigenvalue weighted by Gasteiger charge is 2.54. The van der Waals surface area contributed by atoms with E-state index in [1.807, 2.05) is 95.4 Å².